The highest BCUT2D eigenvalue weighted by Gasteiger charge is 2.49. The molecule has 8 heteroatoms. The van der Waals surface area contributed by atoms with Gasteiger partial charge in [0.15, 0.2) is 0 Å². The number of aliphatic hydroxyl groups excluding tert-OH is 1. The van der Waals surface area contributed by atoms with Gasteiger partial charge in [-0.05, 0) is 49.8 Å². The van der Waals surface area contributed by atoms with E-state index in [-0.39, 0.29) is 29.9 Å². The Morgan fingerprint density at radius 1 is 1.27 bits per heavy atom. The number of aliphatic hydroxyl groups is 1. The standard InChI is InChI=1S/C25H34N4O4/c1-3-10-26-24(32)29-15-25(8-11-28(12-9-25)23(31)16-4-5-16)21-18-7-6-17(33-2)13-19(18)27-22(21)20(29)14-30/h6-7,13,16,20,27,30H,3-5,8-12,14-15H2,1-2H3,(H,26,32)/t20-/m0/s1. The molecule has 8 nitrogen and oxygen atoms in total. The minimum atomic E-state index is -0.438. The maximum atomic E-state index is 13.2. The molecule has 1 spiro atoms. The molecule has 178 valence electrons. The number of fused-ring (bicyclic) bond motifs is 4. The molecule has 3 N–H and O–H groups in total. The third-order valence-electron chi connectivity index (χ3n) is 7.67. The second-order valence-electron chi connectivity index (χ2n) is 9.76. The van der Waals surface area contributed by atoms with Gasteiger partial charge in [-0.25, -0.2) is 4.79 Å². The number of likely N-dealkylation sites (tertiary alicyclic amines) is 1. The summed E-state index contributed by atoms with van der Waals surface area (Å²) in [6.07, 6.45) is 4.47. The van der Waals surface area contributed by atoms with E-state index in [0.717, 1.165) is 54.5 Å². The lowest BCUT2D eigenvalue weighted by Gasteiger charge is -2.50. The molecule has 1 atom stereocenters. The summed E-state index contributed by atoms with van der Waals surface area (Å²) in [4.78, 5) is 33.2. The quantitative estimate of drug-likeness (QED) is 0.647. The zero-order chi connectivity index (χ0) is 23.2. The third kappa shape index (κ3) is 3.74. The molecule has 1 aromatic heterocycles. The Hall–Kier alpha value is -2.74. The van der Waals surface area contributed by atoms with Crippen molar-refractivity contribution in [2.24, 2.45) is 5.92 Å². The Balaban J connectivity index is 1.56. The molecule has 1 saturated heterocycles. The zero-order valence-electron chi connectivity index (χ0n) is 19.5. The molecule has 0 unspecified atom stereocenters. The second-order valence-corrected chi connectivity index (χ2v) is 9.76. The van der Waals surface area contributed by atoms with Crippen molar-refractivity contribution in [3.8, 4) is 5.75 Å². The Labute approximate surface area is 194 Å². The van der Waals surface area contributed by atoms with Crippen LogP contribution < -0.4 is 10.1 Å². The predicted molar refractivity (Wildman–Crippen MR) is 125 cm³/mol. The highest BCUT2D eigenvalue weighted by atomic mass is 16.5. The van der Waals surface area contributed by atoms with Crippen molar-refractivity contribution < 1.29 is 19.4 Å². The number of nitrogens with one attached hydrogen (secondary N) is 2. The number of aromatic nitrogens is 1. The smallest absolute Gasteiger partial charge is 0.318 e. The average Bonchev–Trinajstić information content (AvgIpc) is 3.62. The number of methoxy groups -OCH3 is 1. The van der Waals surface area contributed by atoms with E-state index in [0.29, 0.717) is 26.2 Å². The van der Waals surface area contributed by atoms with Gasteiger partial charge < -0.3 is 29.9 Å². The maximum Gasteiger partial charge on any atom is 0.318 e. The van der Waals surface area contributed by atoms with Gasteiger partial charge in [-0.2, -0.15) is 0 Å². The number of piperidine rings is 1. The average molecular weight is 455 g/mol. The fourth-order valence-corrected chi connectivity index (χ4v) is 5.71. The summed E-state index contributed by atoms with van der Waals surface area (Å²) in [7, 11) is 1.65. The van der Waals surface area contributed by atoms with Crippen LogP contribution in [0.4, 0.5) is 4.79 Å². The van der Waals surface area contributed by atoms with Crippen LogP contribution in [0.5, 0.6) is 5.75 Å². The molecule has 0 bridgehead atoms. The first-order valence-electron chi connectivity index (χ1n) is 12.2. The van der Waals surface area contributed by atoms with Crippen molar-refractivity contribution in [1.29, 1.82) is 0 Å². The van der Waals surface area contributed by atoms with Gasteiger partial charge in [0.1, 0.15) is 5.75 Å². The van der Waals surface area contributed by atoms with E-state index in [4.69, 9.17) is 4.74 Å². The van der Waals surface area contributed by atoms with Crippen LogP contribution in [0.3, 0.4) is 0 Å². The molecule has 2 aliphatic heterocycles. The summed E-state index contributed by atoms with van der Waals surface area (Å²) in [6.45, 7) is 4.40. The number of nitrogens with zero attached hydrogens (tertiary/aromatic N) is 2. The van der Waals surface area contributed by atoms with E-state index < -0.39 is 6.04 Å². The second kappa shape index (κ2) is 8.56. The number of carbonyl (C=O) groups is 2. The molecule has 5 rings (SSSR count). The Kier molecular flexibility index (Phi) is 5.72. The van der Waals surface area contributed by atoms with Gasteiger partial charge in [-0.15, -0.1) is 0 Å². The molecule has 3 amide bonds. The minimum Gasteiger partial charge on any atom is -0.497 e. The van der Waals surface area contributed by atoms with Crippen LogP contribution in [0.1, 0.15) is 56.3 Å². The van der Waals surface area contributed by atoms with E-state index >= 15 is 0 Å². The van der Waals surface area contributed by atoms with Crippen LogP contribution in [0.2, 0.25) is 0 Å². The molecule has 1 aromatic carbocycles. The number of urea groups is 1. The first-order chi connectivity index (χ1) is 16.0. The lowest BCUT2D eigenvalue weighted by atomic mass is 9.68. The van der Waals surface area contributed by atoms with E-state index in [2.05, 4.69) is 16.4 Å². The van der Waals surface area contributed by atoms with Gasteiger partial charge in [0, 0.05) is 60.2 Å². The maximum absolute atomic E-state index is 13.2. The number of H-pyrrole nitrogens is 1. The summed E-state index contributed by atoms with van der Waals surface area (Å²) in [6, 6.07) is 5.43. The number of ether oxygens (including phenoxy) is 1. The summed E-state index contributed by atoms with van der Waals surface area (Å²) in [5.41, 5.74) is 2.78. The molecule has 3 heterocycles. The molecule has 3 aliphatic rings. The highest BCUT2D eigenvalue weighted by Crippen LogP contribution is 2.49. The SMILES string of the molecule is CCCNC(=O)N1CC2(CCN(C(=O)C3CC3)CC2)c2c([nH]c3cc(OC)ccc23)[C@@H]1CO. The van der Waals surface area contributed by atoms with Gasteiger partial charge in [0.05, 0.1) is 19.8 Å². The Bertz CT molecular complexity index is 1050. The number of aromatic amines is 1. The molecular formula is C25H34N4O4. The first kappa shape index (κ1) is 22.1. The van der Waals surface area contributed by atoms with E-state index in [1.807, 2.05) is 24.0 Å². The van der Waals surface area contributed by atoms with Crippen molar-refractivity contribution in [2.75, 3.05) is 39.9 Å². The number of amides is 3. The lowest BCUT2D eigenvalue weighted by Crippen LogP contribution is -2.57. The molecular weight excluding hydrogens is 420 g/mol. The van der Waals surface area contributed by atoms with E-state index in [1.54, 1.807) is 12.0 Å². The Morgan fingerprint density at radius 3 is 2.67 bits per heavy atom. The topological polar surface area (TPSA) is 97.9 Å². The van der Waals surface area contributed by atoms with Crippen LogP contribution in [0.15, 0.2) is 18.2 Å². The van der Waals surface area contributed by atoms with Crippen molar-refractivity contribution in [1.82, 2.24) is 20.1 Å². The van der Waals surface area contributed by atoms with Gasteiger partial charge >= 0.3 is 6.03 Å². The lowest BCUT2D eigenvalue weighted by molar-refractivity contribution is -0.134. The van der Waals surface area contributed by atoms with Crippen LogP contribution in [-0.2, 0) is 10.2 Å². The van der Waals surface area contributed by atoms with Gasteiger partial charge in [0.25, 0.3) is 0 Å². The van der Waals surface area contributed by atoms with Crippen molar-refractivity contribution >= 4 is 22.8 Å². The monoisotopic (exact) mass is 454 g/mol. The normalized spacial score (nSPS) is 21.8. The molecule has 0 radical (unpaired) electrons. The molecule has 2 aromatic rings. The van der Waals surface area contributed by atoms with Crippen molar-refractivity contribution in [3.05, 3.63) is 29.5 Å². The highest BCUT2D eigenvalue weighted by molar-refractivity contribution is 5.89. The van der Waals surface area contributed by atoms with Crippen LogP contribution in [0, 0.1) is 5.92 Å². The number of rotatable bonds is 5. The summed E-state index contributed by atoms with van der Waals surface area (Å²) >= 11 is 0. The Morgan fingerprint density at radius 2 is 2.03 bits per heavy atom. The van der Waals surface area contributed by atoms with Crippen LogP contribution in [0.25, 0.3) is 10.9 Å². The number of benzene rings is 1. The predicted octanol–water partition coefficient (Wildman–Crippen LogP) is 2.92. The minimum absolute atomic E-state index is 0.145. The van der Waals surface area contributed by atoms with Crippen LogP contribution in [-0.4, -0.2) is 71.7 Å². The first-order valence-corrected chi connectivity index (χ1v) is 12.2. The number of hydrogen-bond donors (Lipinski definition) is 3. The van der Waals surface area contributed by atoms with E-state index in [1.165, 1.54) is 5.56 Å². The van der Waals surface area contributed by atoms with Gasteiger partial charge in [-0.3, -0.25) is 4.79 Å². The van der Waals surface area contributed by atoms with E-state index in [9.17, 15) is 14.7 Å². The van der Waals surface area contributed by atoms with Gasteiger partial charge in [-0.1, -0.05) is 6.92 Å². The van der Waals surface area contributed by atoms with Crippen molar-refractivity contribution in [2.45, 2.75) is 50.5 Å². The summed E-state index contributed by atoms with van der Waals surface area (Å²) in [5, 5.41) is 14.5. The molecule has 1 aliphatic carbocycles. The molecule has 33 heavy (non-hydrogen) atoms. The fraction of sp³-hybridized carbons (Fsp3) is 0.600. The van der Waals surface area contributed by atoms with Crippen LogP contribution >= 0.6 is 0 Å². The molecule has 2 fully saturated rings. The summed E-state index contributed by atoms with van der Waals surface area (Å²) in [5.74, 6) is 1.27. The fourth-order valence-electron chi connectivity index (χ4n) is 5.71. The van der Waals surface area contributed by atoms with Crippen molar-refractivity contribution in [3.63, 3.8) is 0 Å². The third-order valence-corrected chi connectivity index (χ3v) is 7.67. The van der Waals surface area contributed by atoms with Gasteiger partial charge in [0.2, 0.25) is 5.91 Å². The largest absolute Gasteiger partial charge is 0.497 e. The molecule has 1 saturated carbocycles. The number of carbonyl (C=O) groups excluding carboxylic acids is 2. The number of hydrogen-bond acceptors (Lipinski definition) is 4. The zero-order valence-corrected chi connectivity index (χ0v) is 19.5. The summed E-state index contributed by atoms with van der Waals surface area (Å²) < 4.78 is 5.43.